The van der Waals surface area contributed by atoms with Crippen molar-refractivity contribution in [1.82, 2.24) is 5.32 Å². The van der Waals surface area contributed by atoms with Gasteiger partial charge in [0, 0.05) is 10.6 Å². The predicted molar refractivity (Wildman–Crippen MR) is 99.5 cm³/mol. The molecule has 1 unspecified atom stereocenters. The van der Waals surface area contributed by atoms with E-state index in [2.05, 4.69) is 37.4 Å². The summed E-state index contributed by atoms with van der Waals surface area (Å²) in [6.45, 7) is 4.14. The van der Waals surface area contributed by atoms with Gasteiger partial charge in [-0.05, 0) is 50.3 Å². The van der Waals surface area contributed by atoms with Crippen LogP contribution in [0.1, 0.15) is 47.6 Å². The number of rotatable bonds is 3. The van der Waals surface area contributed by atoms with Crippen LogP contribution in [0, 0.1) is 19.7 Å². The molecule has 1 N–H and O–H groups in total. The SMILES string of the molecule is Cc1cc(C)cc(C2(C(=O)NC3CCSc4c(F)cccc43)CC2)c1. The van der Waals surface area contributed by atoms with Gasteiger partial charge < -0.3 is 5.32 Å². The Labute approximate surface area is 152 Å². The minimum absolute atomic E-state index is 0.0876. The number of carbonyl (C=O) groups is 1. The number of benzene rings is 2. The van der Waals surface area contributed by atoms with Gasteiger partial charge in [0.25, 0.3) is 0 Å². The van der Waals surface area contributed by atoms with Crippen molar-refractivity contribution in [2.45, 2.75) is 49.5 Å². The molecule has 2 aromatic carbocycles. The van der Waals surface area contributed by atoms with Crippen LogP contribution in [0.4, 0.5) is 4.39 Å². The fraction of sp³-hybridized carbons (Fsp3) is 0.381. The topological polar surface area (TPSA) is 29.1 Å². The first-order valence-electron chi connectivity index (χ1n) is 8.80. The number of hydrogen-bond donors (Lipinski definition) is 1. The molecular weight excluding hydrogens is 333 g/mol. The molecule has 1 saturated carbocycles. The fourth-order valence-electron chi connectivity index (χ4n) is 3.86. The lowest BCUT2D eigenvalue weighted by molar-refractivity contribution is -0.124. The van der Waals surface area contributed by atoms with E-state index >= 15 is 0 Å². The number of nitrogens with one attached hydrogen (secondary N) is 1. The Hall–Kier alpha value is -1.81. The summed E-state index contributed by atoms with van der Waals surface area (Å²) in [7, 11) is 0. The molecule has 1 atom stereocenters. The minimum atomic E-state index is -0.394. The zero-order valence-corrected chi connectivity index (χ0v) is 15.4. The monoisotopic (exact) mass is 355 g/mol. The van der Waals surface area contributed by atoms with Gasteiger partial charge in [0.2, 0.25) is 5.91 Å². The van der Waals surface area contributed by atoms with Crippen molar-refractivity contribution in [3.05, 3.63) is 64.5 Å². The van der Waals surface area contributed by atoms with Crippen LogP contribution in [0.25, 0.3) is 0 Å². The van der Waals surface area contributed by atoms with Crippen LogP contribution in [-0.4, -0.2) is 11.7 Å². The predicted octanol–water partition coefficient (Wildman–Crippen LogP) is 4.83. The molecule has 0 radical (unpaired) electrons. The Morgan fingerprint density at radius 2 is 1.92 bits per heavy atom. The van der Waals surface area contributed by atoms with Crippen molar-refractivity contribution < 1.29 is 9.18 Å². The average Bonchev–Trinajstić information content (AvgIpc) is 3.37. The lowest BCUT2D eigenvalue weighted by Gasteiger charge is -2.28. The molecule has 2 aliphatic rings. The second kappa shape index (κ2) is 6.17. The Bertz CT molecular complexity index is 824. The van der Waals surface area contributed by atoms with Crippen LogP contribution in [0.5, 0.6) is 0 Å². The standard InChI is InChI=1S/C21H22FNOS/c1-13-10-14(2)12-15(11-13)21(7-8-21)20(24)23-18-6-9-25-19-16(18)4-3-5-17(19)22/h3-5,10-12,18H,6-9H2,1-2H3,(H,23,24). The quantitative estimate of drug-likeness (QED) is 0.855. The molecule has 2 aromatic rings. The summed E-state index contributed by atoms with van der Waals surface area (Å²) in [5.41, 5.74) is 4.02. The molecule has 0 bridgehead atoms. The van der Waals surface area contributed by atoms with E-state index in [0.29, 0.717) is 4.90 Å². The van der Waals surface area contributed by atoms with Crippen molar-refractivity contribution in [3.8, 4) is 0 Å². The Kier molecular flexibility index (Phi) is 4.11. The fourth-order valence-corrected chi connectivity index (χ4v) is 5.00. The van der Waals surface area contributed by atoms with Crippen molar-refractivity contribution in [2.75, 3.05) is 5.75 Å². The van der Waals surface area contributed by atoms with Gasteiger partial charge >= 0.3 is 0 Å². The first kappa shape index (κ1) is 16.6. The number of halogens is 1. The summed E-state index contributed by atoms with van der Waals surface area (Å²) < 4.78 is 14.0. The molecule has 0 saturated heterocycles. The molecule has 1 fully saturated rings. The van der Waals surface area contributed by atoms with Gasteiger partial charge in [0.05, 0.1) is 11.5 Å². The van der Waals surface area contributed by atoms with E-state index in [-0.39, 0.29) is 17.8 Å². The highest BCUT2D eigenvalue weighted by molar-refractivity contribution is 7.99. The molecule has 4 rings (SSSR count). The van der Waals surface area contributed by atoms with E-state index in [1.165, 1.54) is 17.2 Å². The molecule has 1 amide bonds. The Morgan fingerprint density at radius 3 is 2.60 bits per heavy atom. The number of aryl methyl sites for hydroxylation is 2. The number of fused-ring (bicyclic) bond motifs is 1. The summed E-state index contributed by atoms with van der Waals surface area (Å²) in [6, 6.07) is 11.5. The molecule has 25 heavy (non-hydrogen) atoms. The van der Waals surface area contributed by atoms with Crippen LogP contribution < -0.4 is 5.32 Å². The number of carbonyl (C=O) groups excluding carboxylic acids is 1. The number of amides is 1. The molecular formula is C21H22FNOS. The van der Waals surface area contributed by atoms with Crippen LogP contribution in [-0.2, 0) is 10.2 Å². The van der Waals surface area contributed by atoms with E-state index in [0.717, 1.165) is 36.1 Å². The minimum Gasteiger partial charge on any atom is -0.348 e. The lowest BCUT2D eigenvalue weighted by atomic mass is 9.91. The summed E-state index contributed by atoms with van der Waals surface area (Å²) in [4.78, 5) is 13.8. The van der Waals surface area contributed by atoms with Crippen molar-refractivity contribution in [2.24, 2.45) is 0 Å². The second-order valence-electron chi connectivity index (χ2n) is 7.28. The molecule has 0 spiro atoms. The third-order valence-electron chi connectivity index (χ3n) is 5.29. The maximum Gasteiger partial charge on any atom is 0.231 e. The second-order valence-corrected chi connectivity index (χ2v) is 8.39. The van der Waals surface area contributed by atoms with Gasteiger partial charge in [-0.1, -0.05) is 41.5 Å². The zero-order valence-electron chi connectivity index (χ0n) is 14.6. The highest BCUT2D eigenvalue weighted by atomic mass is 32.2. The maximum absolute atomic E-state index is 14.0. The zero-order chi connectivity index (χ0) is 17.6. The Balaban J connectivity index is 1.60. The molecule has 2 nitrogen and oxygen atoms in total. The normalized spacial score (nSPS) is 20.7. The average molecular weight is 355 g/mol. The first-order chi connectivity index (χ1) is 12.0. The van der Waals surface area contributed by atoms with E-state index in [9.17, 15) is 9.18 Å². The van der Waals surface area contributed by atoms with E-state index in [4.69, 9.17) is 0 Å². The molecule has 1 aliphatic heterocycles. The molecule has 1 aliphatic carbocycles. The lowest BCUT2D eigenvalue weighted by Crippen LogP contribution is -2.38. The summed E-state index contributed by atoms with van der Waals surface area (Å²) in [6.07, 6.45) is 2.62. The summed E-state index contributed by atoms with van der Waals surface area (Å²) in [5.74, 6) is 0.733. The van der Waals surface area contributed by atoms with E-state index in [1.54, 1.807) is 17.8 Å². The van der Waals surface area contributed by atoms with Gasteiger partial charge in [-0.2, -0.15) is 0 Å². The van der Waals surface area contributed by atoms with Crippen LogP contribution in [0.3, 0.4) is 0 Å². The number of thioether (sulfide) groups is 1. The van der Waals surface area contributed by atoms with Gasteiger partial charge in [0.15, 0.2) is 0 Å². The van der Waals surface area contributed by atoms with Crippen LogP contribution >= 0.6 is 11.8 Å². The Morgan fingerprint density at radius 1 is 1.20 bits per heavy atom. The highest BCUT2D eigenvalue weighted by Gasteiger charge is 2.51. The maximum atomic E-state index is 14.0. The van der Waals surface area contributed by atoms with Gasteiger partial charge in [-0.3, -0.25) is 4.79 Å². The smallest absolute Gasteiger partial charge is 0.231 e. The van der Waals surface area contributed by atoms with Gasteiger partial charge in [-0.25, -0.2) is 4.39 Å². The van der Waals surface area contributed by atoms with E-state index in [1.807, 2.05) is 6.07 Å². The highest BCUT2D eigenvalue weighted by Crippen LogP contribution is 2.49. The van der Waals surface area contributed by atoms with Gasteiger partial charge in [0.1, 0.15) is 5.82 Å². The third-order valence-corrected chi connectivity index (χ3v) is 6.45. The molecule has 0 aromatic heterocycles. The summed E-state index contributed by atoms with van der Waals surface area (Å²) in [5, 5.41) is 3.22. The van der Waals surface area contributed by atoms with Crippen molar-refractivity contribution in [3.63, 3.8) is 0 Å². The number of hydrogen-bond acceptors (Lipinski definition) is 2. The third kappa shape index (κ3) is 2.97. The summed E-state index contributed by atoms with van der Waals surface area (Å²) >= 11 is 1.54. The molecule has 130 valence electrons. The van der Waals surface area contributed by atoms with Crippen molar-refractivity contribution in [1.29, 1.82) is 0 Å². The largest absolute Gasteiger partial charge is 0.348 e. The van der Waals surface area contributed by atoms with Crippen LogP contribution in [0.2, 0.25) is 0 Å². The molecule has 1 heterocycles. The van der Waals surface area contributed by atoms with Gasteiger partial charge in [-0.15, -0.1) is 11.8 Å². The van der Waals surface area contributed by atoms with Crippen molar-refractivity contribution >= 4 is 17.7 Å². The van der Waals surface area contributed by atoms with Crippen LogP contribution in [0.15, 0.2) is 41.3 Å². The first-order valence-corrected chi connectivity index (χ1v) is 9.79. The molecule has 4 heteroatoms. The van der Waals surface area contributed by atoms with E-state index < -0.39 is 5.41 Å².